The van der Waals surface area contributed by atoms with Crippen molar-refractivity contribution in [3.8, 4) is 0 Å². The molecule has 1 aliphatic heterocycles. The summed E-state index contributed by atoms with van der Waals surface area (Å²) < 4.78 is 0. The van der Waals surface area contributed by atoms with Gasteiger partial charge in [-0.25, -0.2) is 0 Å². The Morgan fingerprint density at radius 3 is 2.39 bits per heavy atom. The van der Waals surface area contributed by atoms with Gasteiger partial charge in [0.1, 0.15) is 0 Å². The van der Waals surface area contributed by atoms with Crippen molar-refractivity contribution in [2.24, 2.45) is 5.41 Å². The highest BCUT2D eigenvalue weighted by Crippen LogP contribution is 2.50. The fourth-order valence-electron chi connectivity index (χ4n) is 4.30. The van der Waals surface area contributed by atoms with Gasteiger partial charge in [-0.15, -0.1) is 0 Å². The average molecular weight is 250 g/mol. The summed E-state index contributed by atoms with van der Waals surface area (Å²) in [6.07, 6.45) is 9.86. The van der Waals surface area contributed by atoms with Gasteiger partial charge in [0, 0.05) is 30.7 Å². The first-order valence-electron chi connectivity index (χ1n) is 8.07. The van der Waals surface area contributed by atoms with E-state index in [2.05, 4.69) is 31.0 Å². The molecule has 3 aliphatic rings. The highest BCUT2D eigenvalue weighted by atomic mass is 15.3. The third-order valence-electron chi connectivity index (χ3n) is 5.81. The largest absolute Gasteiger partial charge is 0.308 e. The molecule has 2 aliphatic carbocycles. The molecule has 3 rings (SSSR count). The Bertz CT molecular complexity index is 302. The molecular formula is C16H30N2. The molecule has 3 fully saturated rings. The molecule has 1 N–H and O–H groups in total. The lowest BCUT2D eigenvalue weighted by molar-refractivity contribution is 0.0401. The molecule has 0 aromatic carbocycles. The van der Waals surface area contributed by atoms with Crippen molar-refractivity contribution in [1.29, 1.82) is 0 Å². The van der Waals surface area contributed by atoms with Gasteiger partial charge >= 0.3 is 0 Å². The summed E-state index contributed by atoms with van der Waals surface area (Å²) in [4.78, 5) is 2.88. The molecule has 2 atom stereocenters. The van der Waals surface area contributed by atoms with E-state index in [1.165, 1.54) is 58.0 Å². The lowest BCUT2D eigenvalue weighted by Gasteiger charge is -2.50. The Hall–Kier alpha value is -0.0800. The molecule has 0 radical (unpaired) electrons. The van der Waals surface area contributed by atoms with Crippen LogP contribution in [0.3, 0.4) is 0 Å². The zero-order chi connectivity index (χ0) is 12.8. The van der Waals surface area contributed by atoms with Gasteiger partial charge in [0.05, 0.1) is 0 Å². The summed E-state index contributed by atoms with van der Waals surface area (Å²) in [5.74, 6) is 0. The SMILES string of the molecule is CCC1CNC2(CCCCC2)CN1C1CC1(C)C. The predicted molar refractivity (Wildman–Crippen MR) is 76.8 cm³/mol. The standard InChI is InChI=1S/C16H30N2/c1-4-13-11-17-16(8-6-5-7-9-16)12-18(13)14-10-15(14,2)3/h13-14,17H,4-12H2,1-3H3. The summed E-state index contributed by atoms with van der Waals surface area (Å²) in [7, 11) is 0. The first-order chi connectivity index (χ1) is 8.56. The fraction of sp³-hybridized carbons (Fsp3) is 1.00. The zero-order valence-corrected chi connectivity index (χ0v) is 12.5. The average Bonchev–Trinajstić information content (AvgIpc) is 2.99. The lowest BCUT2D eigenvalue weighted by Crippen LogP contribution is -2.65. The minimum atomic E-state index is 0.475. The van der Waals surface area contributed by atoms with Crippen molar-refractivity contribution >= 4 is 0 Å². The molecule has 2 heteroatoms. The van der Waals surface area contributed by atoms with Gasteiger partial charge in [-0.2, -0.15) is 0 Å². The van der Waals surface area contributed by atoms with Crippen LogP contribution in [-0.4, -0.2) is 35.6 Å². The maximum absolute atomic E-state index is 3.93. The van der Waals surface area contributed by atoms with Crippen molar-refractivity contribution in [3.63, 3.8) is 0 Å². The monoisotopic (exact) mass is 250 g/mol. The van der Waals surface area contributed by atoms with E-state index in [0.29, 0.717) is 11.0 Å². The van der Waals surface area contributed by atoms with Crippen molar-refractivity contribution < 1.29 is 0 Å². The summed E-state index contributed by atoms with van der Waals surface area (Å²) in [5, 5.41) is 3.93. The second kappa shape index (κ2) is 4.49. The number of hydrogen-bond donors (Lipinski definition) is 1. The molecule has 0 bridgehead atoms. The molecule has 0 aromatic rings. The van der Waals surface area contributed by atoms with Gasteiger partial charge in [-0.3, -0.25) is 4.90 Å². The smallest absolute Gasteiger partial charge is 0.0309 e. The van der Waals surface area contributed by atoms with E-state index >= 15 is 0 Å². The van der Waals surface area contributed by atoms with Gasteiger partial charge in [-0.1, -0.05) is 40.0 Å². The van der Waals surface area contributed by atoms with E-state index in [-0.39, 0.29) is 0 Å². The minimum Gasteiger partial charge on any atom is -0.308 e. The Balaban J connectivity index is 1.72. The van der Waals surface area contributed by atoms with E-state index in [9.17, 15) is 0 Å². The van der Waals surface area contributed by atoms with Crippen molar-refractivity contribution in [1.82, 2.24) is 10.2 Å². The van der Waals surface area contributed by atoms with Gasteiger partial charge < -0.3 is 5.32 Å². The molecule has 1 spiro atoms. The van der Waals surface area contributed by atoms with Gasteiger partial charge in [0.25, 0.3) is 0 Å². The fourth-order valence-corrected chi connectivity index (χ4v) is 4.30. The normalized spacial score (nSPS) is 38.8. The number of rotatable bonds is 2. The van der Waals surface area contributed by atoms with Crippen LogP contribution in [0.2, 0.25) is 0 Å². The van der Waals surface area contributed by atoms with Crippen LogP contribution in [0, 0.1) is 5.41 Å². The topological polar surface area (TPSA) is 15.3 Å². The molecule has 1 saturated heterocycles. The number of piperazine rings is 1. The van der Waals surface area contributed by atoms with Gasteiger partial charge in [0.15, 0.2) is 0 Å². The quantitative estimate of drug-likeness (QED) is 0.810. The van der Waals surface area contributed by atoms with Crippen LogP contribution in [0.5, 0.6) is 0 Å². The van der Waals surface area contributed by atoms with E-state index in [0.717, 1.165) is 12.1 Å². The first-order valence-corrected chi connectivity index (χ1v) is 8.07. The van der Waals surface area contributed by atoms with Crippen LogP contribution in [0.25, 0.3) is 0 Å². The molecule has 2 unspecified atom stereocenters. The molecule has 2 saturated carbocycles. The van der Waals surface area contributed by atoms with Crippen LogP contribution in [0.1, 0.15) is 65.7 Å². The lowest BCUT2D eigenvalue weighted by atomic mass is 9.79. The highest BCUT2D eigenvalue weighted by Gasteiger charge is 2.53. The molecule has 0 aromatic heterocycles. The third kappa shape index (κ3) is 2.22. The van der Waals surface area contributed by atoms with E-state index in [1.807, 2.05) is 0 Å². The van der Waals surface area contributed by atoms with E-state index in [1.54, 1.807) is 0 Å². The Morgan fingerprint density at radius 2 is 1.83 bits per heavy atom. The maximum atomic E-state index is 3.93. The Labute approximate surface area is 113 Å². The first kappa shape index (κ1) is 12.9. The van der Waals surface area contributed by atoms with E-state index < -0.39 is 0 Å². The molecular weight excluding hydrogens is 220 g/mol. The van der Waals surface area contributed by atoms with Crippen LogP contribution >= 0.6 is 0 Å². The second-order valence-electron chi connectivity index (χ2n) is 7.66. The molecule has 18 heavy (non-hydrogen) atoms. The predicted octanol–water partition coefficient (Wildman–Crippen LogP) is 3.17. The van der Waals surface area contributed by atoms with Crippen LogP contribution in [-0.2, 0) is 0 Å². The van der Waals surface area contributed by atoms with Gasteiger partial charge in [0.2, 0.25) is 0 Å². The number of nitrogens with zero attached hydrogens (tertiary/aromatic N) is 1. The zero-order valence-electron chi connectivity index (χ0n) is 12.5. The number of nitrogens with one attached hydrogen (secondary N) is 1. The molecule has 1 heterocycles. The van der Waals surface area contributed by atoms with Crippen molar-refractivity contribution in [3.05, 3.63) is 0 Å². The van der Waals surface area contributed by atoms with Crippen LogP contribution < -0.4 is 5.32 Å². The highest BCUT2D eigenvalue weighted by molar-refractivity contribution is 5.09. The van der Waals surface area contributed by atoms with Crippen molar-refractivity contribution in [2.45, 2.75) is 83.3 Å². The molecule has 2 nitrogen and oxygen atoms in total. The van der Waals surface area contributed by atoms with Crippen LogP contribution in [0.4, 0.5) is 0 Å². The Morgan fingerprint density at radius 1 is 1.17 bits per heavy atom. The summed E-state index contributed by atoms with van der Waals surface area (Å²) >= 11 is 0. The van der Waals surface area contributed by atoms with Crippen LogP contribution in [0.15, 0.2) is 0 Å². The molecule has 0 amide bonds. The van der Waals surface area contributed by atoms with Gasteiger partial charge in [-0.05, 0) is 31.1 Å². The maximum Gasteiger partial charge on any atom is 0.0309 e. The molecule has 104 valence electrons. The van der Waals surface area contributed by atoms with E-state index in [4.69, 9.17) is 0 Å². The minimum absolute atomic E-state index is 0.475. The summed E-state index contributed by atoms with van der Waals surface area (Å²) in [6, 6.07) is 1.65. The second-order valence-corrected chi connectivity index (χ2v) is 7.66. The summed E-state index contributed by atoms with van der Waals surface area (Å²) in [6.45, 7) is 9.79. The summed E-state index contributed by atoms with van der Waals surface area (Å²) in [5.41, 5.74) is 1.06. The van der Waals surface area contributed by atoms with Crippen molar-refractivity contribution in [2.75, 3.05) is 13.1 Å². The Kier molecular flexibility index (Phi) is 3.22. The third-order valence-corrected chi connectivity index (χ3v) is 5.81. The number of hydrogen-bond acceptors (Lipinski definition) is 2.